The Labute approximate surface area is 118 Å². The van der Waals surface area contributed by atoms with Gasteiger partial charge in [0.1, 0.15) is 0 Å². The highest BCUT2D eigenvalue weighted by Crippen LogP contribution is 2.17. The second kappa shape index (κ2) is 4.76. The molecule has 3 aromatic rings. The normalized spacial score (nSPS) is 11.5. The van der Waals surface area contributed by atoms with Gasteiger partial charge in [-0.2, -0.15) is 0 Å². The number of aryl methyl sites for hydroxylation is 2. The lowest BCUT2D eigenvalue weighted by Gasteiger charge is -2.10. The van der Waals surface area contributed by atoms with E-state index in [9.17, 15) is 13.6 Å². The molecule has 7 heteroatoms. The van der Waals surface area contributed by atoms with Crippen LogP contribution in [-0.2, 0) is 0 Å². The van der Waals surface area contributed by atoms with E-state index in [0.29, 0.717) is 5.69 Å². The van der Waals surface area contributed by atoms with Crippen molar-refractivity contribution >= 4 is 5.65 Å². The van der Waals surface area contributed by atoms with Crippen LogP contribution < -0.4 is 5.56 Å². The molecule has 2 heterocycles. The molecule has 0 unspecified atom stereocenters. The summed E-state index contributed by atoms with van der Waals surface area (Å²) < 4.78 is 27.9. The average Bonchev–Trinajstić information content (AvgIpc) is 2.85. The van der Waals surface area contributed by atoms with E-state index >= 15 is 0 Å². The lowest BCUT2D eigenvalue weighted by molar-refractivity contribution is 0.139. The van der Waals surface area contributed by atoms with Crippen LogP contribution in [0.3, 0.4) is 0 Å². The van der Waals surface area contributed by atoms with Crippen LogP contribution in [0.2, 0.25) is 0 Å². The Kier molecular flexibility index (Phi) is 3.04. The number of halogens is 2. The minimum Gasteiger partial charge on any atom is -0.279 e. The highest BCUT2D eigenvalue weighted by Gasteiger charge is 2.18. The summed E-state index contributed by atoms with van der Waals surface area (Å²) in [7, 11) is 0. The summed E-state index contributed by atoms with van der Waals surface area (Å²) in [4.78, 5) is 12.4. The number of hydrogen-bond donors (Lipinski definition) is 0. The lowest BCUT2D eigenvalue weighted by Crippen LogP contribution is -2.21. The van der Waals surface area contributed by atoms with Crippen molar-refractivity contribution < 1.29 is 8.78 Å². The van der Waals surface area contributed by atoms with Gasteiger partial charge in [0.05, 0.1) is 5.69 Å². The molecule has 0 amide bonds. The number of rotatable bonds is 2. The van der Waals surface area contributed by atoms with Crippen molar-refractivity contribution in [1.29, 1.82) is 0 Å². The first-order chi connectivity index (χ1) is 9.99. The molecule has 0 aliphatic rings. The third-order valence-corrected chi connectivity index (χ3v) is 3.30. The van der Waals surface area contributed by atoms with Gasteiger partial charge < -0.3 is 0 Å². The van der Waals surface area contributed by atoms with Gasteiger partial charge >= 0.3 is 5.56 Å². The van der Waals surface area contributed by atoms with Gasteiger partial charge in [0, 0.05) is 12.4 Å². The van der Waals surface area contributed by atoms with Crippen molar-refractivity contribution in [3.63, 3.8) is 0 Å². The summed E-state index contributed by atoms with van der Waals surface area (Å²) in [6.07, 6.45) is 0.0381. The predicted molar refractivity (Wildman–Crippen MR) is 73.0 cm³/mol. The summed E-state index contributed by atoms with van der Waals surface area (Å²) in [5.41, 5.74) is 2.08. The largest absolute Gasteiger partial charge is 0.300 e. The summed E-state index contributed by atoms with van der Waals surface area (Å²) in [6, 6.07) is 5.64. The van der Waals surface area contributed by atoms with Crippen LogP contribution in [0.4, 0.5) is 8.78 Å². The van der Waals surface area contributed by atoms with Gasteiger partial charge in [-0.3, -0.25) is 13.8 Å². The van der Waals surface area contributed by atoms with E-state index in [1.165, 1.54) is 17.0 Å². The van der Waals surface area contributed by atoms with Crippen molar-refractivity contribution in [3.05, 3.63) is 57.9 Å². The Morgan fingerprint density at radius 1 is 1.14 bits per heavy atom. The molecule has 21 heavy (non-hydrogen) atoms. The number of nitrogens with zero attached hydrogens (tertiary/aromatic N) is 4. The van der Waals surface area contributed by atoms with Gasteiger partial charge in [0.25, 0.3) is 6.43 Å². The fourth-order valence-electron chi connectivity index (χ4n) is 2.32. The zero-order valence-corrected chi connectivity index (χ0v) is 11.4. The molecule has 1 aromatic carbocycles. The standard InChI is InChI=1S/C14H12F2N4O/c1-8-3-4-10(9(2)7-8)19-5-6-20-12(11(15)16)17-18-13(20)14(19)21/h3-7,11H,1-2H3. The monoisotopic (exact) mass is 290 g/mol. The summed E-state index contributed by atoms with van der Waals surface area (Å²) in [5, 5.41) is 6.95. The number of hydrogen-bond acceptors (Lipinski definition) is 3. The molecule has 0 spiro atoms. The van der Waals surface area contributed by atoms with Crippen LogP contribution in [0.25, 0.3) is 11.3 Å². The number of alkyl halides is 2. The minimum absolute atomic E-state index is 0.118. The lowest BCUT2D eigenvalue weighted by atomic mass is 10.1. The van der Waals surface area contributed by atoms with Gasteiger partial charge in [-0.25, -0.2) is 8.78 Å². The average molecular weight is 290 g/mol. The maximum absolute atomic E-state index is 12.8. The Bertz CT molecular complexity index is 882. The quantitative estimate of drug-likeness (QED) is 0.728. The van der Waals surface area contributed by atoms with Crippen molar-refractivity contribution in [2.75, 3.05) is 0 Å². The fraction of sp³-hybridized carbons (Fsp3) is 0.214. The van der Waals surface area contributed by atoms with E-state index in [4.69, 9.17) is 0 Å². The molecule has 0 saturated heterocycles. The van der Waals surface area contributed by atoms with E-state index in [2.05, 4.69) is 10.2 Å². The number of aromatic nitrogens is 4. The smallest absolute Gasteiger partial charge is 0.279 e. The molecule has 0 radical (unpaired) electrons. The van der Waals surface area contributed by atoms with E-state index in [1.807, 2.05) is 32.0 Å². The fourth-order valence-corrected chi connectivity index (χ4v) is 2.32. The second-order valence-electron chi connectivity index (χ2n) is 4.82. The van der Waals surface area contributed by atoms with Crippen molar-refractivity contribution in [3.8, 4) is 5.69 Å². The zero-order chi connectivity index (χ0) is 15.1. The molecular weight excluding hydrogens is 278 g/mol. The van der Waals surface area contributed by atoms with Gasteiger partial charge in [0.15, 0.2) is 0 Å². The molecule has 108 valence electrons. The Morgan fingerprint density at radius 3 is 2.57 bits per heavy atom. The molecule has 0 N–H and O–H groups in total. The van der Waals surface area contributed by atoms with Gasteiger partial charge in [-0.1, -0.05) is 17.7 Å². The molecule has 0 atom stereocenters. The first-order valence-corrected chi connectivity index (χ1v) is 6.31. The third-order valence-electron chi connectivity index (χ3n) is 3.30. The number of benzene rings is 1. The van der Waals surface area contributed by atoms with Crippen LogP contribution in [0.5, 0.6) is 0 Å². The molecule has 0 aliphatic heterocycles. The Balaban J connectivity index is 2.26. The first kappa shape index (κ1) is 13.4. The maximum Gasteiger partial charge on any atom is 0.300 e. The summed E-state index contributed by atoms with van der Waals surface area (Å²) >= 11 is 0. The zero-order valence-electron chi connectivity index (χ0n) is 11.4. The third kappa shape index (κ3) is 2.10. The molecule has 0 fully saturated rings. The topological polar surface area (TPSA) is 52.2 Å². The summed E-state index contributed by atoms with van der Waals surface area (Å²) in [5.74, 6) is -0.533. The highest BCUT2D eigenvalue weighted by atomic mass is 19.3. The molecular formula is C14H12F2N4O. The van der Waals surface area contributed by atoms with E-state index in [1.54, 1.807) is 0 Å². The van der Waals surface area contributed by atoms with E-state index in [0.717, 1.165) is 15.5 Å². The van der Waals surface area contributed by atoms with Crippen LogP contribution in [0.1, 0.15) is 23.4 Å². The molecule has 0 aliphatic carbocycles. The summed E-state index contributed by atoms with van der Waals surface area (Å²) in [6.45, 7) is 3.84. The molecule has 2 aromatic heterocycles. The molecule has 0 bridgehead atoms. The Morgan fingerprint density at radius 2 is 1.90 bits per heavy atom. The molecule has 3 rings (SSSR count). The van der Waals surface area contributed by atoms with Crippen LogP contribution >= 0.6 is 0 Å². The van der Waals surface area contributed by atoms with Crippen molar-refractivity contribution in [1.82, 2.24) is 19.2 Å². The number of fused-ring (bicyclic) bond motifs is 1. The minimum atomic E-state index is -2.78. The highest BCUT2D eigenvalue weighted by molar-refractivity contribution is 5.46. The van der Waals surface area contributed by atoms with Crippen LogP contribution in [0, 0.1) is 13.8 Å². The molecule has 0 saturated carbocycles. The van der Waals surface area contributed by atoms with E-state index < -0.39 is 17.8 Å². The van der Waals surface area contributed by atoms with Crippen LogP contribution in [0.15, 0.2) is 35.4 Å². The van der Waals surface area contributed by atoms with Crippen LogP contribution in [-0.4, -0.2) is 19.2 Å². The molecule has 5 nitrogen and oxygen atoms in total. The van der Waals surface area contributed by atoms with Gasteiger partial charge in [-0.05, 0) is 25.5 Å². The van der Waals surface area contributed by atoms with Gasteiger partial charge in [0.2, 0.25) is 11.5 Å². The maximum atomic E-state index is 12.8. The first-order valence-electron chi connectivity index (χ1n) is 6.31. The Hall–Kier alpha value is -2.57. The van der Waals surface area contributed by atoms with Gasteiger partial charge in [-0.15, -0.1) is 10.2 Å². The van der Waals surface area contributed by atoms with Crippen molar-refractivity contribution in [2.45, 2.75) is 20.3 Å². The second-order valence-corrected chi connectivity index (χ2v) is 4.82. The predicted octanol–water partition coefficient (Wildman–Crippen LogP) is 2.43. The van der Waals surface area contributed by atoms with E-state index in [-0.39, 0.29) is 5.65 Å². The van der Waals surface area contributed by atoms with Crippen molar-refractivity contribution in [2.24, 2.45) is 0 Å². The SMILES string of the molecule is Cc1ccc(-n2ccn3c(C(F)F)nnc3c2=O)c(C)c1.